The SMILES string of the molecule is CC1(C)Oc2ccc3ccc(=O)oc3c2C(=CNc2ccc(C(=O)[O-])cc2)C1=O. The Balaban J connectivity index is 1.84. The van der Waals surface area contributed by atoms with Gasteiger partial charge in [0.2, 0.25) is 5.78 Å². The van der Waals surface area contributed by atoms with E-state index in [1.807, 2.05) is 0 Å². The van der Waals surface area contributed by atoms with Crippen molar-refractivity contribution in [2.24, 2.45) is 0 Å². The van der Waals surface area contributed by atoms with Crippen molar-refractivity contribution in [1.29, 1.82) is 0 Å². The van der Waals surface area contributed by atoms with Crippen LogP contribution in [0.15, 0.2) is 63.9 Å². The van der Waals surface area contributed by atoms with Crippen molar-refractivity contribution in [1.82, 2.24) is 0 Å². The number of nitrogens with one attached hydrogen (secondary N) is 1. The number of Topliss-reactive ketones (excluding diaryl/α,β-unsaturated/α-hetero) is 1. The first-order chi connectivity index (χ1) is 13.8. The summed E-state index contributed by atoms with van der Waals surface area (Å²) in [6.07, 6.45) is 1.51. The molecule has 0 bridgehead atoms. The van der Waals surface area contributed by atoms with Crippen LogP contribution in [-0.2, 0) is 4.79 Å². The van der Waals surface area contributed by atoms with Crippen molar-refractivity contribution < 1.29 is 23.8 Å². The molecule has 0 saturated carbocycles. The van der Waals surface area contributed by atoms with E-state index in [2.05, 4.69) is 5.32 Å². The number of fused-ring (bicyclic) bond motifs is 3. The van der Waals surface area contributed by atoms with E-state index in [9.17, 15) is 19.5 Å². The predicted octanol–water partition coefficient (Wildman–Crippen LogP) is 2.35. The Kier molecular flexibility index (Phi) is 4.23. The van der Waals surface area contributed by atoms with Gasteiger partial charge < -0.3 is 24.4 Å². The van der Waals surface area contributed by atoms with Crippen molar-refractivity contribution in [2.45, 2.75) is 19.4 Å². The predicted molar refractivity (Wildman–Crippen MR) is 105 cm³/mol. The number of ketones is 1. The molecule has 2 aromatic carbocycles. The summed E-state index contributed by atoms with van der Waals surface area (Å²) in [5, 5.41) is 14.5. The standard InChI is InChI=1S/C22H17NO6/c1-22(2)20(25)15(11-23-14-7-3-13(4-8-14)21(26)27)18-16(29-22)9-5-12-6-10-17(24)28-19(12)18/h3-11,23H,1-2H3,(H,26,27)/p-1. The first kappa shape index (κ1) is 18.5. The molecule has 3 aromatic rings. The zero-order valence-electron chi connectivity index (χ0n) is 15.6. The molecule has 1 aliphatic rings. The van der Waals surface area contributed by atoms with Gasteiger partial charge in [-0.2, -0.15) is 0 Å². The van der Waals surface area contributed by atoms with Gasteiger partial charge in [-0.1, -0.05) is 12.1 Å². The van der Waals surface area contributed by atoms with Crippen LogP contribution >= 0.6 is 0 Å². The first-order valence-electron chi connectivity index (χ1n) is 8.85. The van der Waals surface area contributed by atoms with E-state index in [1.165, 1.54) is 24.4 Å². The molecule has 0 amide bonds. The van der Waals surface area contributed by atoms with Crippen LogP contribution in [0.4, 0.5) is 5.69 Å². The average molecular weight is 390 g/mol. The molecule has 7 heteroatoms. The Morgan fingerprint density at radius 1 is 1.03 bits per heavy atom. The first-order valence-corrected chi connectivity index (χ1v) is 8.85. The van der Waals surface area contributed by atoms with Gasteiger partial charge in [-0.15, -0.1) is 0 Å². The topological polar surface area (TPSA) is 109 Å². The molecule has 1 aromatic heterocycles. The van der Waals surface area contributed by atoms with Gasteiger partial charge in [0.1, 0.15) is 11.3 Å². The number of anilines is 1. The van der Waals surface area contributed by atoms with E-state index in [4.69, 9.17) is 9.15 Å². The molecule has 1 N–H and O–H groups in total. The highest BCUT2D eigenvalue weighted by molar-refractivity contribution is 6.28. The molecule has 0 fully saturated rings. The summed E-state index contributed by atoms with van der Waals surface area (Å²) in [6, 6.07) is 12.3. The fourth-order valence-electron chi connectivity index (χ4n) is 3.21. The molecule has 0 atom stereocenters. The van der Waals surface area contributed by atoms with Gasteiger partial charge >= 0.3 is 5.63 Å². The summed E-state index contributed by atoms with van der Waals surface area (Å²) in [5.74, 6) is -1.13. The van der Waals surface area contributed by atoms with E-state index < -0.39 is 17.2 Å². The smallest absolute Gasteiger partial charge is 0.336 e. The fraction of sp³-hybridized carbons (Fsp3) is 0.136. The lowest BCUT2D eigenvalue weighted by Crippen LogP contribution is -2.42. The number of carboxylic acids is 1. The van der Waals surface area contributed by atoms with Gasteiger partial charge in [-0.3, -0.25) is 4.79 Å². The highest BCUT2D eigenvalue weighted by Gasteiger charge is 2.40. The second-order valence-electron chi connectivity index (χ2n) is 7.12. The molecule has 0 unspecified atom stereocenters. The van der Waals surface area contributed by atoms with E-state index in [1.54, 1.807) is 44.2 Å². The lowest BCUT2D eigenvalue weighted by atomic mass is 9.87. The van der Waals surface area contributed by atoms with E-state index in [0.29, 0.717) is 28.0 Å². The number of hydrogen-bond acceptors (Lipinski definition) is 7. The fourth-order valence-corrected chi connectivity index (χ4v) is 3.21. The van der Waals surface area contributed by atoms with Crippen LogP contribution in [0.1, 0.15) is 29.8 Å². The second-order valence-corrected chi connectivity index (χ2v) is 7.12. The third-order valence-electron chi connectivity index (χ3n) is 4.68. The Bertz CT molecular complexity index is 1230. The minimum Gasteiger partial charge on any atom is -0.545 e. The number of carbonyl (C=O) groups excluding carboxylic acids is 2. The minimum absolute atomic E-state index is 0.0459. The molecule has 0 aliphatic carbocycles. The van der Waals surface area contributed by atoms with Gasteiger partial charge in [0.25, 0.3) is 0 Å². The van der Waals surface area contributed by atoms with Crippen molar-refractivity contribution in [3.63, 3.8) is 0 Å². The molecule has 29 heavy (non-hydrogen) atoms. The summed E-state index contributed by atoms with van der Waals surface area (Å²) < 4.78 is 11.2. The Morgan fingerprint density at radius 3 is 2.41 bits per heavy atom. The number of carbonyl (C=O) groups is 2. The Hall–Kier alpha value is -3.87. The van der Waals surface area contributed by atoms with Crippen molar-refractivity contribution in [2.75, 3.05) is 5.32 Å². The highest BCUT2D eigenvalue weighted by atomic mass is 16.5. The van der Waals surface area contributed by atoms with E-state index >= 15 is 0 Å². The lowest BCUT2D eigenvalue weighted by molar-refractivity contribution is -0.255. The van der Waals surface area contributed by atoms with E-state index in [0.717, 1.165) is 0 Å². The largest absolute Gasteiger partial charge is 0.545 e. The van der Waals surface area contributed by atoms with Gasteiger partial charge in [0.15, 0.2) is 5.60 Å². The van der Waals surface area contributed by atoms with Gasteiger partial charge in [0.05, 0.1) is 17.1 Å². The quantitative estimate of drug-likeness (QED) is 0.540. The molecule has 7 nitrogen and oxygen atoms in total. The average Bonchev–Trinajstić information content (AvgIpc) is 2.68. The molecule has 146 valence electrons. The molecule has 0 radical (unpaired) electrons. The summed E-state index contributed by atoms with van der Waals surface area (Å²) in [7, 11) is 0. The number of benzene rings is 2. The third kappa shape index (κ3) is 3.27. The van der Waals surface area contributed by atoms with Crippen LogP contribution in [-0.4, -0.2) is 17.4 Å². The zero-order valence-corrected chi connectivity index (χ0v) is 15.6. The molecule has 2 heterocycles. The van der Waals surface area contributed by atoms with Gasteiger partial charge in [-0.05, 0) is 49.7 Å². The monoisotopic (exact) mass is 390 g/mol. The maximum absolute atomic E-state index is 13.1. The summed E-state index contributed by atoms with van der Waals surface area (Å²) in [4.78, 5) is 35.7. The number of ether oxygens (including phenoxy) is 1. The zero-order chi connectivity index (χ0) is 20.8. The molecule has 1 aliphatic heterocycles. The number of carboxylic acid groups (broad SMARTS) is 1. The summed E-state index contributed by atoms with van der Waals surface area (Å²) >= 11 is 0. The summed E-state index contributed by atoms with van der Waals surface area (Å²) in [6.45, 7) is 3.32. The van der Waals surface area contributed by atoms with Crippen LogP contribution in [0, 0.1) is 0 Å². The minimum atomic E-state index is -1.27. The van der Waals surface area contributed by atoms with Crippen molar-refractivity contribution >= 4 is 34.0 Å². The number of rotatable bonds is 3. The van der Waals surface area contributed by atoms with Crippen LogP contribution in [0.2, 0.25) is 0 Å². The summed E-state index contributed by atoms with van der Waals surface area (Å²) in [5.41, 5.74) is -0.0780. The van der Waals surface area contributed by atoms with E-state index in [-0.39, 0.29) is 16.9 Å². The maximum atomic E-state index is 13.1. The van der Waals surface area contributed by atoms with Crippen LogP contribution < -0.4 is 20.8 Å². The van der Waals surface area contributed by atoms with Crippen LogP contribution in [0.5, 0.6) is 5.75 Å². The molecule has 0 saturated heterocycles. The Morgan fingerprint density at radius 2 is 1.72 bits per heavy atom. The maximum Gasteiger partial charge on any atom is 0.336 e. The molecular formula is C22H16NO6-. The normalized spacial score (nSPS) is 16.3. The molecular weight excluding hydrogens is 374 g/mol. The highest BCUT2D eigenvalue weighted by Crippen LogP contribution is 2.41. The third-order valence-corrected chi connectivity index (χ3v) is 4.68. The Labute approximate surface area is 165 Å². The number of hydrogen-bond donors (Lipinski definition) is 1. The molecule has 0 spiro atoms. The molecule has 4 rings (SSSR count). The van der Waals surface area contributed by atoms with Crippen molar-refractivity contribution in [3.05, 3.63) is 76.3 Å². The second kappa shape index (κ2) is 6.63. The van der Waals surface area contributed by atoms with Crippen molar-refractivity contribution in [3.8, 4) is 5.75 Å². The van der Waals surface area contributed by atoms with Crippen LogP contribution in [0.3, 0.4) is 0 Å². The van der Waals surface area contributed by atoms with Crippen LogP contribution in [0.25, 0.3) is 16.5 Å². The van der Waals surface area contributed by atoms with Gasteiger partial charge in [-0.25, -0.2) is 4.79 Å². The lowest BCUT2D eigenvalue weighted by Gasteiger charge is -2.32. The number of aromatic carboxylic acids is 1. The van der Waals surface area contributed by atoms with Gasteiger partial charge in [0, 0.05) is 23.3 Å².